The predicted molar refractivity (Wildman–Crippen MR) is 82.2 cm³/mol. The Kier molecular flexibility index (Phi) is 4.48. The Bertz CT molecular complexity index is 481. The number of piperidine rings is 1. The molecule has 1 fully saturated rings. The summed E-state index contributed by atoms with van der Waals surface area (Å²) in [6.07, 6.45) is 3.98. The minimum absolute atomic E-state index is 0.325. The molecular formula is C15H21BrN2O2. The van der Waals surface area contributed by atoms with Crippen LogP contribution in [0.5, 0.6) is 11.5 Å². The van der Waals surface area contributed by atoms with Crippen LogP contribution in [0.1, 0.15) is 24.8 Å². The third-order valence-electron chi connectivity index (χ3n) is 4.16. The molecule has 0 spiro atoms. The van der Waals surface area contributed by atoms with E-state index in [-0.39, 0.29) is 0 Å². The van der Waals surface area contributed by atoms with Gasteiger partial charge in [0, 0.05) is 23.6 Å². The van der Waals surface area contributed by atoms with Crippen molar-refractivity contribution in [3.63, 3.8) is 0 Å². The van der Waals surface area contributed by atoms with Gasteiger partial charge in [-0.05, 0) is 44.1 Å². The second kappa shape index (κ2) is 6.33. The summed E-state index contributed by atoms with van der Waals surface area (Å²) < 4.78 is 11.9. The summed E-state index contributed by atoms with van der Waals surface area (Å²) in [4.78, 5) is 2.46. The second-order valence-electron chi connectivity index (χ2n) is 5.56. The molecule has 0 radical (unpaired) electrons. The van der Waals surface area contributed by atoms with E-state index in [4.69, 9.17) is 9.47 Å². The number of hydrogen-bond donors (Lipinski definition) is 1. The third kappa shape index (κ3) is 3.10. The number of rotatable bonds is 4. The monoisotopic (exact) mass is 340 g/mol. The molecule has 3 rings (SSSR count). The van der Waals surface area contributed by atoms with E-state index in [1.807, 2.05) is 6.07 Å². The molecule has 1 unspecified atom stereocenters. The van der Waals surface area contributed by atoms with Crippen LogP contribution in [0.4, 0.5) is 0 Å². The minimum Gasteiger partial charge on any atom is -0.454 e. The van der Waals surface area contributed by atoms with E-state index in [0.717, 1.165) is 29.1 Å². The largest absolute Gasteiger partial charge is 0.454 e. The average Bonchev–Trinajstić information content (AvgIpc) is 2.88. The van der Waals surface area contributed by atoms with Crippen molar-refractivity contribution in [1.82, 2.24) is 10.2 Å². The van der Waals surface area contributed by atoms with Gasteiger partial charge in [-0.2, -0.15) is 0 Å². The van der Waals surface area contributed by atoms with Crippen molar-refractivity contribution in [3.8, 4) is 11.5 Å². The van der Waals surface area contributed by atoms with Crippen LogP contribution in [0.15, 0.2) is 16.6 Å². The van der Waals surface area contributed by atoms with Gasteiger partial charge >= 0.3 is 0 Å². The molecule has 2 aliphatic heterocycles. The molecule has 2 heterocycles. The molecule has 1 aromatic carbocycles. The maximum Gasteiger partial charge on any atom is 0.231 e. The standard InChI is InChI=1S/C15H21BrN2O2/c1-18-5-3-2-4-12(18)9-17-8-11-6-14-15(7-13(11)16)20-10-19-14/h6-7,12,17H,2-5,8-10H2,1H3. The van der Waals surface area contributed by atoms with Crippen molar-refractivity contribution in [3.05, 3.63) is 22.2 Å². The van der Waals surface area contributed by atoms with Gasteiger partial charge < -0.3 is 19.7 Å². The van der Waals surface area contributed by atoms with E-state index in [2.05, 4.69) is 39.3 Å². The number of likely N-dealkylation sites (N-methyl/N-ethyl adjacent to an activating group) is 1. The Balaban J connectivity index is 1.56. The highest BCUT2D eigenvalue weighted by Crippen LogP contribution is 2.36. The SMILES string of the molecule is CN1CCCCC1CNCc1cc2c(cc1Br)OCO2. The fraction of sp³-hybridized carbons (Fsp3) is 0.600. The lowest BCUT2D eigenvalue weighted by Crippen LogP contribution is -2.42. The Labute approximate surface area is 128 Å². The summed E-state index contributed by atoms with van der Waals surface area (Å²) in [6, 6.07) is 4.72. The van der Waals surface area contributed by atoms with Crippen molar-refractivity contribution in [2.75, 3.05) is 26.9 Å². The summed E-state index contributed by atoms with van der Waals surface area (Å²) >= 11 is 3.60. The molecule has 20 heavy (non-hydrogen) atoms. The highest BCUT2D eigenvalue weighted by Gasteiger charge is 2.19. The lowest BCUT2D eigenvalue weighted by Gasteiger charge is -2.32. The van der Waals surface area contributed by atoms with Gasteiger partial charge in [-0.1, -0.05) is 22.4 Å². The predicted octanol–water partition coefficient (Wildman–Crippen LogP) is 2.75. The summed E-state index contributed by atoms with van der Waals surface area (Å²) in [5.41, 5.74) is 1.22. The number of benzene rings is 1. The highest BCUT2D eigenvalue weighted by molar-refractivity contribution is 9.10. The maximum atomic E-state index is 5.43. The van der Waals surface area contributed by atoms with Crippen LogP contribution < -0.4 is 14.8 Å². The van der Waals surface area contributed by atoms with Gasteiger partial charge in [0.25, 0.3) is 0 Å². The third-order valence-corrected chi connectivity index (χ3v) is 4.90. The molecule has 1 N–H and O–H groups in total. The Morgan fingerprint density at radius 2 is 2.10 bits per heavy atom. The zero-order chi connectivity index (χ0) is 13.9. The van der Waals surface area contributed by atoms with Crippen LogP contribution >= 0.6 is 15.9 Å². The first-order valence-electron chi connectivity index (χ1n) is 7.23. The van der Waals surface area contributed by atoms with Gasteiger partial charge in [0.15, 0.2) is 11.5 Å². The van der Waals surface area contributed by atoms with Gasteiger partial charge in [0.05, 0.1) is 0 Å². The quantitative estimate of drug-likeness (QED) is 0.913. The first-order valence-corrected chi connectivity index (χ1v) is 8.02. The lowest BCUT2D eigenvalue weighted by molar-refractivity contribution is 0.174. The molecule has 1 saturated heterocycles. The molecule has 1 aromatic rings. The van der Waals surface area contributed by atoms with Crippen LogP contribution in [-0.4, -0.2) is 37.9 Å². The van der Waals surface area contributed by atoms with E-state index in [1.54, 1.807) is 0 Å². The molecule has 0 bridgehead atoms. The van der Waals surface area contributed by atoms with Crippen LogP contribution in [0.2, 0.25) is 0 Å². The number of ether oxygens (including phenoxy) is 2. The number of nitrogens with one attached hydrogen (secondary N) is 1. The van der Waals surface area contributed by atoms with Gasteiger partial charge in [-0.15, -0.1) is 0 Å². The fourth-order valence-electron chi connectivity index (χ4n) is 2.87. The number of halogens is 1. The molecule has 1 atom stereocenters. The zero-order valence-electron chi connectivity index (χ0n) is 11.8. The fourth-order valence-corrected chi connectivity index (χ4v) is 3.33. The maximum absolute atomic E-state index is 5.43. The topological polar surface area (TPSA) is 33.7 Å². The zero-order valence-corrected chi connectivity index (χ0v) is 13.4. The highest BCUT2D eigenvalue weighted by atomic mass is 79.9. The summed E-state index contributed by atoms with van der Waals surface area (Å²) in [5.74, 6) is 1.67. The molecule has 110 valence electrons. The van der Waals surface area contributed by atoms with E-state index in [9.17, 15) is 0 Å². The molecule has 0 aliphatic carbocycles. The van der Waals surface area contributed by atoms with Gasteiger partial charge in [-0.3, -0.25) is 0 Å². The smallest absolute Gasteiger partial charge is 0.231 e. The molecule has 4 nitrogen and oxygen atoms in total. The number of likely N-dealkylation sites (tertiary alicyclic amines) is 1. The Hall–Kier alpha value is -0.780. The number of hydrogen-bond acceptors (Lipinski definition) is 4. The van der Waals surface area contributed by atoms with E-state index in [0.29, 0.717) is 12.8 Å². The summed E-state index contributed by atoms with van der Waals surface area (Å²) in [5, 5.41) is 3.57. The first kappa shape index (κ1) is 14.2. The molecule has 0 saturated carbocycles. The van der Waals surface area contributed by atoms with Crippen molar-refractivity contribution in [1.29, 1.82) is 0 Å². The van der Waals surface area contributed by atoms with Gasteiger partial charge in [0.2, 0.25) is 6.79 Å². The molecular weight excluding hydrogens is 320 g/mol. The van der Waals surface area contributed by atoms with E-state index >= 15 is 0 Å². The number of fused-ring (bicyclic) bond motifs is 1. The first-order chi connectivity index (χ1) is 9.74. The molecule has 0 amide bonds. The van der Waals surface area contributed by atoms with Gasteiger partial charge in [-0.25, -0.2) is 0 Å². The van der Waals surface area contributed by atoms with Crippen LogP contribution in [0, 0.1) is 0 Å². The van der Waals surface area contributed by atoms with Crippen molar-refractivity contribution in [2.45, 2.75) is 31.8 Å². The Morgan fingerprint density at radius 3 is 2.90 bits per heavy atom. The van der Waals surface area contributed by atoms with Crippen LogP contribution in [0.25, 0.3) is 0 Å². The molecule has 2 aliphatic rings. The van der Waals surface area contributed by atoms with Gasteiger partial charge in [0.1, 0.15) is 0 Å². The summed E-state index contributed by atoms with van der Waals surface area (Å²) in [6.45, 7) is 3.44. The van der Waals surface area contributed by atoms with Crippen molar-refractivity contribution >= 4 is 15.9 Å². The number of nitrogens with zero attached hydrogens (tertiary/aromatic N) is 1. The van der Waals surface area contributed by atoms with E-state index in [1.165, 1.54) is 31.4 Å². The van der Waals surface area contributed by atoms with Crippen molar-refractivity contribution < 1.29 is 9.47 Å². The normalized spacial score (nSPS) is 22.2. The van der Waals surface area contributed by atoms with Crippen LogP contribution in [0.3, 0.4) is 0 Å². The molecule has 0 aromatic heterocycles. The average molecular weight is 341 g/mol. The van der Waals surface area contributed by atoms with E-state index < -0.39 is 0 Å². The second-order valence-corrected chi connectivity index (χ2v) is 6.41. The summed E-state index contributed by atoms with van der Waals surface area (Å²) in [7, 11) is 2.22. The van der Waals surface area contributed by atoms with Crippen LogP contribution in [-0.2, 0) is 6.54 Å². The Morgan fingerprint density at radius 1 is 1.30 bits per heavy atom. The van der Waals surface area contributed by atoms with Crippen molar-refractivity contribution in [2.24, 2.45) is 0 Å². The molecule has 5 heteroatoms. The minimum atomic E-state index is 0.325. The lowest BCUT2D eigenvalue weighted by atomic mass is 10.0.